The molecule has 138 valence electrons. The first kappa shape index (κ1) is 18.9. The van der Waals surface area contributed by atoms with Gasteiger partial charge in [-0.05, 0) is 0 Å². The standard InChI is InChI=1S/C21H19IN3O2/c1-3-20(26)25-17-10-7-11-18(12-17)27-21-15(2)14-23-19(13-22-21)24-16-8-5-4-6-9-16/h3-14,24H,1H2,2H3,(H,25,26)/q-1. The van der Waals surface area contributed by atoms with Crippen LogP contribution in [0.4, 0.5) is 11.4 Å². The third kappa shape index (κ3) is 5.55. The molecular weight excluding hydrogens is 453 g/mol. The summed E-state index contributed by atoms with van der Waals surface area (Å²) in [6, 6.07) is 17.2. The zero-order chi connectivity index (χ0) is 19.1. The van der Waals surface area contributed by atoms with E-state index in [0.717, 1.165) is 20.8 Å². The molecule has 0 fully saturated rings. The predicted octanol–water partition coefficient (Wildman–Crippen LogP) is 1.51. The van der Waals surface area contributed by atoms with Crippen molar-refractivity contribution in [3.8, 4) is 5.75 Å². The Bertz CT molecular complexity index is 933. The molecular formula is C21H19IN3O2-. The van der Waals surface area contributed by atoms with Gasteiger partial charge in [-0.25, -0.2) is 0 Å². The van der Waals surface area contributed by atoms with Crippen molar-refractivity contribution in [3.05, 3.63) is 86.5 Å². The van der Waals surface area contributed by atoms with Gasteiger partial charge in [-0.2, -0.15) is 0 Å². The SMILES string of the molecule is C=CC(=O)Nc1cccc(OC2=C(C)C=NC(Nc3ccccc3)=C[I-]2)c1. The van der Waals surface area contributed by atoms with Gasteiger partial charge >= 0.3 is 169 Å². The Morgan fingerprint density at radius 2 is 1.93 bits per heavy atom. The number of para-hydroxylation sites is 1. The Labute approximate surface area is 168 Å². The van der Waals surface area contributed by atoms with Crippen LogP contribution in [0.5, 0.6) is 5.75 Å². The van der Waals surface area contributed by atoms with Gasteiger partial charge in [0.2, 0.25) is 0 Å². The quantitative estimate of drug-likeness (QED) is 0.495. The Morgan fingerprint density at radius 3 is 2.70 bits per heavy atom. The summed E-state index contributed by atoms with van der Waals surface area (Å²) >= 11 is -0.509. The van der Waals surface area contributed by atoms with E-state index in [1.807, 2.05) is 55.6 Å². The third-order valence-corrected chi connectivity index (χ3v) is 6.04. The van der Waals surface area contributed by atoms with Crippen molar-refractivity contribution in [1.29, 1.82) is 0 Å². The number of rotatable bonds is 6. The summed E-state index contributed by atoms with van der Waals surface area (Å²) < 4.78 is 9.10. The number of nitrogens with zero attached hydrogens (tertiary/aromatic N) is 1. The van der Waals surface area contributed by atoms with Crippen LogP contribution in [0.15, 0.2) is 91.5 Å². The number of hydrogen-bond acceptors (Lipinski definition) is 4. The molecule has 1 aliphatic rings. The number of aliphatic imine (C=N–C) groups is 1. The number of amides is 1. The van der Waals surface area contributed by atoms with Crippen molar-refractivity contribution in [2.75, 3.05) is 10.6 Å². The molecule has 0 saturated carbocycles. The van der Waals surface area contributed by atoms with Crippen molar-refractivity contribution in [2.45, 2.75) is 6.92 Å². The maximum absolute atomic E-state index is 11.5. The first-order chi connectivity index (χ1) is 13.1. The van der Waals surface area contributed by atoms with Gasteiger partial charge in [0, 0.05) is 0 Å². The van der Waals surface area contributed by atoms with Crippen LogP contribution in [0.2, 0.25) is 0 Å². The average molecular weight is 472 g/mol. The van der Waals surface area contributed by atoms with E-state index in [2.05, 4.69) is 26.3 Å². The molecule has 0 bridgehead atoms. The monoisotopic (exact) mass is 472 g/mol. The summed E-state index contributed by atoms with van der Waals surface area (Å²) in [5, 5.41) is 6.05. The molecule has 5 nitrogen and oxygen atoms in total. The number of anilines is 2. The third-order valence-electron chi connectivity index (χ3n) is 3.50. The molecule has 0 aliphatic carbocycles. The average Bonchev–Trinajstić information content (AvgIpc) is 2.85. The summed E-state index contributed by atoms with van der Waals surface area (Å²) in [5.74, 6) is 1.24. The molecule has 27 heavy (non-hydrogen) atoms. The summed E-state index contributed by atoms with van der Waals surface area (Å²) in [6.07, 6.45) is 3.05. The van der Waals surface area contributed by atoms with Crippen LogP contribution in [-0.4, -0.2) is 12.1 Å². The van der Waals surface area contributed by atoms with Crippen LogP contribution in [-0.2, 0) is 4.79 Å². The van der Waals surface area contributed by atoms with E-state index in [0.29, 0.717) is 11.4 Å². The van der Waals surface area contributed by atoms with Gasteiger partial charge in [-0.3, -0.25) is 0 Å². The van der Waals surface area contributed by atoms with Crippen LogP contribution < -0.4 is 36.6 Å². The topological polar surface area (TPSA) is 62.7 Å². The number of hydrogen-bond donors (Lipinski definition) is 2. The summed E-state index contributed by atoms with van der Waals surface area (Å²) in [6.45, 7) is 5.44. The van der Waals surface area contributed by atoms with Crippen molar-refractivity contribution >= 4 is 23.5 Å². The number of carbonyl (C=O) groups excluding carboxylic acids is 1. The molecule has 0 unspecified atom stereocenters. The van der Waals surface area contributed by atoms with Crippen molar-refractivity contribution < 1.29 is 30.7 Å². The first-order valence-corrected chi connectivity index (χ1v) is 10.6. The molecule has 0 radical (unpaired) electrons. The summed E-state index contributed by atoms with van der Waals surface area (Å²) in [5.41, 5.74) is 2.65. The molecule has 6 heteroatoms. The van der Waals surface area contributed by atoms with Crippen LogP contribution in [0.1, 0.15) is 6.92 Å². The summed E-state index contributed by atoms with van der Waals surface area (Å²) in [4.78, 5) is 16.0. The predicted molar refractivity (Wildman–Crippen MR) is 105 cm³/mol. The number of carbonyl (C=O) groups is 1. The number of halogens is 1. The number of benzene rings is 2. The second-order valence-corrected chi connectivity index (χ2v) is 7.86. The molecule has 0 spiro atoms. The zero-order valence-electron chi connectivity index (χ0n) is 14.8. The van der Waals surface area contributed by atoms with Crippen molar-refractivity contribution in [3.63, 3.8) is 0 Å². The van der Waals surface area contributed by atoms with Gasteiger partial charge in [-0.1, -0.05) is 0 Å². The van der Waals surface area contributed by atoms with E-state index in [4.69, 9.17) is 4.74 Å². The molecule has 2 N–H and O–H groups in total. The fourth-order valence-corrected chi connectivity index (χ4v) is 4.10. The molecule has 2 aromatic rings. The zero-order valence-corrected chi connectivity index (χ0v) is 16.9. The Morgan fingerprint density at radius 1 is 1.15 bits per heavy atom. The molecule has 0 atom stereocenters. The van der Waals surface area contributed by atoms with Crippen molar-refractivity contribution in [2.24, 2.45) is 4.99 Å². The second kappa shape index (κ2) is 9.18. The molecule has 2 aromatic carbocycles. The molecule has 1 amide bonds. The fraction of sp³-hybridized carbons (Fsp3) is 0.0476. The summed E-state index contributed by atoms with van der Waals surface area (Å²) in [7, 11) is 0. The maximum atomic E-state index is 11.5. The van der Waals surface area contributed by atoms with Crippen LogP contribution >= 0.6 is 0 Å². The number of nitrogens with one attached hydrogen (secondary N) is 2. The molecule has 1 heterocycles. The Hall–Kier alpha value is -2.87. The van der Waals surface area contributed by atoms with Gasteiger partial charge in [0.25, 0.3) is 0 Å². The van der Waals surface area contributed by atoms with Crippen molar-refractivity contribution in [1.82, 2.24) is 0 Å². The van der Waals surface area contributed by atoms with E-state index in [1.54, 1.807) is 12.1 Å². The van der Waals surface area contributed by atoms with E-state index >= 15 is 0 Å². The van der Waals surface area contributed by atoms with Crippen LogP contribution in [0, 0.1) is 0 Å². The Kier molecular flexibility index (Phi) is 6.43. The van der Waals surface area contributed by atoms with Gasteiger partial charge < -0.3 is 0 Å². The fourth-order valence-electron chi connectivity index (χ4n) is 2.20. The first-order valence-electron chi connectivity index (χ1n) is 8.26. The number of ether oxygens (including phenoxy) is 1. The number of allylic oxidation sites excluding steroid dienone is 1. The molecule has 3 rings (SSSR count). The van der Waals surface area contributed by atoms with Gasteiger partial charge in [0.1, 0.15) is 0 Å². The van der Waals surface area contributed by atoms with Crippen LogP contribution in [0.3, 0.4) is 0 Å². The molecule has 0 saturated heterocycles. The van der Waals surface area contributed by atoms with Gasteiger partial charge in [0.15, 0.2) is 0 Å². The molecule has 1 aliphatic heterocycles. The van der Waals surface area contributed by atoms with Crippen LogP contribution in [0.25, 0.3) is 0 Å². The van der Waals surface area contributed by atoms with Gasteiger partial charge in [0.05, 0.1) is 0 Å². The van der Waals surface area contributed by atoms with E-state index in [1.165, 1.54) is 6.08 Å². The van der Waals surface area contributed by atoms with E-state index in [-0.39, 0.29) is 5.91 Å². The van der Waals surface area contributed by atoms with Gasteiger partial charge in [-0.15, -0.1) is 0 Å². The minimum absolute atomic E-state index is 0.254. The normalized spacial score (nSPS) is 13.7. The molecule has 0 aromatic heterocycles. The van der Waals surface area contributed by atoms with E-state index in [9.17, 15) is 4.79 Å². The second-order valence-electron chi connectivity index (χ2n) is 5.63. The Balaban J connectivity index is 1.70. The van der Waals surface area contributed by atoms with E-state index < -0.39 is 21.2 Å². The minimum atomic E-state index is -0.509.